The third-order valence-electron chi connectivity index (χ3n) is 3.71. The van der Waals surface area contributed by atoms with Crippen LogP contribution in [-0.2, 0) is 10.0 Å². The first kappa shape index (κ1) is 18.0. The topological polar surface area (TPSA) is 83.5 Å². The van der Waals surface area contributed by atoms with Gasteiger partial charge in [-0.25, -0.2) is 13.2 Å². The molecule has 3 aromatic rings. The van der Waals surface area contributed by atoms with Gasteiger partial charge >= 0.3 is 5.97 Å². The summed E-state index contributed by atoms with van der Waals surface area (Å²) >= 11 is 5.83. The van der Waals surface area contributed by atoms with Gasteiger partial charge in [0.1, 0.15) is 0 Å². The van der Waals surface area contributed by atoms with E-state index < -0.39 is 16.0 Å². The normalized spacial score (nSPS) is 11.1. The molecular weight excluding hydrogens is 374 g/mol. The number of carbonyl (C=O) groups is 1. The predicted octanol–water partition coefficient (Wildman–Crippen LogP) is 4.51. The van der Waals surface area contributed by atoms with Gasteiger partial charge in [0.05, 0.1) is 15.5 Å². The molecule has 0 unspecified atom stereocenters. The van der Waals surface area contributed by atoms with Gasteiger partial charge in [-0.1, -0.05) is 60.1 Å². The van der Waals surface area contributed by atoms with Crippen molar-refractivity contribution in [2.45, 2.75) is 4.90 Å². The van der Waals surface area contributed by atoms with Crippen molar-refractivity contribution in [3.63, 3.8) is 0 Å². The van der Waals surface area contributed by atoms with Crippen LogP contribution in [0.4, 0.5) is 5.69 Å². The van der Waals surface area contributed by atoms with E-state index in [2.05, 4.69) is 4.72 Å². The number of aromatic carboxylic acids is 1. The highest BCUT2D eigenvalue weighted by atomic mass is 35.5. The van der Waals surface area contributed by atoms with Gasteiger partial charge in [-0.3, -0.25) is 4.72 Å². The molecule has 132 valence electrons. The van der Waals surface area contributed by atoms with E-state index in [0.29, 0.717) is 5.56 Å². The van der Waals surface area contributed by atoms with Gasteiger partial charge in [-0.15, -0.1) is 0 Å². The smallest absolute Gasteiger partial charge is 0.337 e. The summed E-state index contributed by atoms with van der Waals surface area (Å²) in [4.78, 5) is 11.3. The fraction of sp³-hybridized carbons (Fsp3) is 0. The van der Waals surface area contributed by atoms with Crippen LogP contribution in [0.5, 0.6) is 0 Å². The lowest BCUT2D eigenvalue weighted by molar-refractivity contribution is 0.0697. The lowest BCUT2D eigenvalue weighted by atomic mass is 10.1. The number of carboxylic acid groups (broad SMARTS) is 1. The molecule has 0 amide bonds. The fourth-order valence-electron chi connectivity index (χ4n) is 2.52. The molecule has 0 saturated carbocycles. The molecule has 0 aliphatic heterocycles. The lowest BCUT2D eigenvalue weighted by Gasteiger charge is -2.13. The van der Waals surface area contributed by atoms with Crippen molar-refractivity contribution in [1.29, 1.82) is 0 Å². The van der Waals surface area contributed by atoms with Crippen LogP contribution in [0.3, 0.4) is 0 Å². The molecule has 0 heterocycles. The number of rotatable bonds is 5. The summed E-state index contributed by atoms with van der Waals surface area (Å²) in [5.41, 5.74) is 1.25. The van der Waals surface area contributed by atoms with Crippen molar-refractivity contribution in [3.05, 3.63) is 83.4 Å². The van der Waals surface area contributed by atoms with Gasteiger partial charge in [-0.05, 0) is 29.8 Å². The monoisotopic (exact) mass is 387 g/mol. The molecule has 0 spiro atoms. The molecule has 0 bridgehead atoms. The minimum Gasteiger partial charge on any atom is -0.478 e. The Morgan fingerprint density at radius 2 is 1.58 bits per heavy atom. The number of halogens is 1. The maximum atomic E-state index is 12.9. The van der Waals surface area contributed by atoms with Crippen LogP contribution in [0.1, 0.15) is 10.4 Å². The Labute approximate surface area is 155 Å². The molecule has 0 atom stereocenters. The maximum Gasteiger partial charge on any atom is 0.337 e. The number of benzene rings is 3. The van der Waals surface area contributed by atoms with Crippen LogP contribution in [0, 0.1) is 0 Å². The SMILES string of the molecule is O=C(O)c1cc(NS(=O)(=O)c2ccccc2-c2ccccc2)ccc1Cl. The zero-order valence-corrected chi connectivity index (χ0v) is 15.0. The van der Waals surface area contributed by atoms with Gasteiger partial charge in [0.2, 0.25) is 0 Å². The number of sulfonamides is 1. The van der Waals surface area contributed by atoms with Crippen LogP contribution in [-0.4, -0.2) is 19.5 Å². The van der Waals surface area contributed by atoms with Gasteiger partial charge in [0.15, 0.2) is 0 Å². The van der Waals surface area contributed by atoms with Gasteiger partial charge in [-0.2, -0.15) is 0 Å². The molecule has 2 N–H and O–H groups in total. The molecule has 26 heavy (non-hydrogen) atoms. The fourth-order valence-corrected chi connectivity index (χ4v) is 4.00. The van der Waals surface area contributed by atoms with E-state index in [1.165, 1.54) is 24.3 Å². The lowest BCUT2D eigenvalue weighted by Crippen LogP contribution is -2.14. The predicted molar refractivity (Wildman–Crippen MR) is 101 cm³/mol. The van der Waals surface area contributed by atoms with Crippen LogP contribution >= 0.6 is 11.6 Å². The molecule has 0 fully saturated rings. The van der Waals surface area contributed by atoms with Crippen molar-refractivity contribution >= 4 is 33.3 Å². The Kier molecular flexibility index (Phi) is 4.97. The molecule has 3 rings (SSSR count). The Morgan fingerprint density at radius 3 is 2.27 bits per heavy atom. The Bertz CT molecular complexity index is 1070. The van der Waals surface area contributed by atoms with Crippen molar-refractivity contribution in [3.8, 4) is 11.1 Å². The Morgan fingerprint density at radius 1 is 0.923 bits per heavy atom. The van der Waals surface area contributed by atoms with E-state index in [-0.39, 0.29) is 21.2 Å². The highest BCUT2D eigenvalue weighted by Gasteiger charge is 2.20. The summed E-state index contributed by atoms with van der Waals surface area (Å²) in [6.07, 6.45) is 0. The summed E-state index contributed by atoms with van der Waals surface area (Å²) in [6.45, 7) is 0. The molecule has 3 aromatic carbocycles. The zero-order valence-electron chi connectivity index (χ0n) is 13.4. The van der Waals surface area contributed by atoms with E-state index in [0.717, 1.165) is 5.56 Å². The van der Waals surface area contributed by atoms with E-state index >= 15 is 0 Å². The second-order valence-electron chi connectivity index (χ2n) is 5.47. The molecule has 0 aliphatic rings. The zero-order chi connectivity index (χ0) is 18.7. The minimum absolute atomic E-state index is 0.0325. The van der Waals surface area contributed by atoms with Crippen molar-refractivity contribution < 1.29 is 18.3 Å². The number of hydrogen-bond acceptors (Lipinski definition) is 3. The van der Waals surface area contributed by atoms with Crippen molar-refractivity contribution in [2.75, 3.05) is 4.72 Å². The summed E-state index contributed by atoms with van der Waals surface area (Å²) in [5.74, 6) is -1.24. The third-order valence-corrected chi connectivity index (χ3v) is 5.48. The number of hydrogen-bond donors (Lipinski definition) is 2. The molecule has 5 nitrogen and oxygen atoms in total. The first-order chi connectivity index (χ1) is 12.4. The molecule has 0 radical (unpaired) electrons. The van der Waals surface area contributed by atoms with Crippen LogP contribution in [0.15, 0.2) is 77.7 Å². The van der Waals surface area contributed by atoms with Crippen LogP contribution in [0.25, 0.3) is 11.1 Å². The summed E-state index contributed by atoms with van der Waals surface area (Å²) < 4.78 is 28.2. The minimum atomic E-state index is -3.93. The largest absolute Gasteiger partial charge is 0.478 e. The van der Waals surface area contributed by atoms with Crippen LogP contribution in [0.2, 0.25) is 5.02 Å². The highest BCUT2D eigenvalue weighted by Crippen LogP contribution is 2.29. The quantitative estimate of drug-likeness (QED) is 0.674. The first-order valence-electron chi connectivity index (χ1n) is 7.58. The summed E-state index contributed by atoms with van der Waals surface area (Å²) in [6, 6.07) is 19.7. The van der Waals surface area contributed by atoms with E-state index in [1.54, 1.807) is 18.2 Å². The van der Waals surface area contributed by atoms with Gasteiger partial charge in [0, 0.05) is 11.3 Å². The standard InChI is InChI=1S/C19H14ClNO4S/c20-17-11-10-14(12-16(17)19(22)23)21-26(24,25)18-9-5-4-8-15(18)13-6-2-1-3-7-13/h1-12,21H,(H,22,23). The number of nitrogens with one attached hydrogen (secondary N) is 1. The molecule has 0 aliphatic carbocycles. The van der Waals surface area contributed by atoms with Crippen molar-refractivity contribution in [2.24, 2.45) is 0 Å². The maximum absolute atomic E-state index is 12.9. The molecule has 0 aromatic heterocycles. The second-order valence-corrected chi connectivity index (χ2v) is 7.53. The highest BCUT2D eigenvalue weighted by molar-refractivity contribution is 7.92. The van der Waals surface area contributed by atoms with Gasteiger partial charge < -0.3 is 5.11 Å². The van der Waals surface area contributed by atoms with Crippen molar-refractivity contribution in [1.82, 2.24) is 0 Å². The summed E-state index contributed by atoms with van der Waals surface area (Å²) in [5, 5.41) is 9.17. The molecule has 0 saturated heterocycles. The second kappa shape index (κ2) is 7.19. The average Bonchev–Trinajstić information content (AvgIpc) is 2.63. The van der Waals surface area contributed by atoms with E-state index in [9.17, 15) is 13.2 Å². The molecule has 7 heteroatoms. The first-order valence-corrected chi connectivity index (χ1v) is 9.45. The third kappa shape index (κ3) is 3.71. The number of anilines is 1. The van der Waals surface area contributed by atoms with Gasteiger partial charge in [0.25, 0.3) is 10.0 Å². The summed E-state index contributed by atoms with van der Waals surface area (Å²) in [7, 11) is -3.93. The Balaban J connectivity index is 2.03. The van der Waals surface area contributed by atoms with E-state index in [4.69, 9.17) is 16.7 Å². The van der Waals surface area contributed by atoms with E-state index in [1.807, 2.05) is 30.3 Å². The Hall–Kier alpha value is -2.83. The average molecular weight is 388 g/mol. The number of carboxylic acids is 1. The van der Waals surface area contributed by atoms with Crippen LogP contribution < -0.4 is 4.72 Å². The molecular formula is C19H14ClNO4S.